The summed E-state index contributed by atoms with van der Waals surface area (Å²) in [6.07, 6.45) is 5.56. The fourth-order valence-corrected chi connectivity index (χ4v) is 2.02. The van der Waals surface area contributed by atoms with Gasteiger partial charge in [-0.1, -0.05) is 31.9 Å². The minimum Gasteiger partial charge on any atom is -0.398 e. The third kappa shape index (κ3) is 2.95. The Morgan fingerprint density at radius 2 is 1.54 bits per heavy atom. The van der Waals surface area contributed by atoms with Crippen LogP contribution in [0.25, 0.3) is 0 Å². The summed E-state index contributed by atoms with van der Waals surface area (Å²) in [4.78, 5) is 4.16. The maximum atomic E-state index is 5.97. The number of anilines is 1. The molecule has 0 atom stereocenters. The average Bonchev–Trinajstić information content (AvgIpc) is 2.13. The highest BCUT2D eigenvalue weighted by Crippen LogP contribution is 2.18. The second-order valence-corrected chi connectivity index (χ2v) is 4.34. The molecule has 0 unspecified atom stereocenters. The van der Waals surface area contributed by atoms with E-state index in [9.17, 15) is 0 Å². The number of alkyl halides is 2. The van der Waals surface area contributed by atoms with Crippen LogP contribution in [0.3, 0.4) is 0 Å². The summed E-state index contributed by atoms with van der Waals surface area (Å²) < 4.78 is 0. The fraction of sp³-hybridized carbons (Fsp3) is 0.444. The van der Waals surface area contributed by atoms with Crippen LogP contribution in [-0.4, -0.2) is 15.6 Å². The van der Waals surface area contributed by atoms with Gasteiger partial charge in [0.15, 0.2) is 0 Å². The lowest BCUT2D eigenvalue weighted by Crippen LogP contribution is -2.02. The Labute approximate surface area is 95.2 Å². The number of rotatable bonds is 4. The molecule has 0 fully saturated rings. The highest BCUT2D eigenvalue weighted by atomic mass is 79.9. The van der Waals surface area contributed by atoms with E-state index in [0.717, 1.165) is 40.3 Å². The molecule has 72 valence electrons. The molecule has 0 aromatic carbocycles. The molecule has 1 aromatic heterocycles. The van der Waals surface area contributed by atoms with Crippen LogP contribution in [0.15, 0.2) is 12.4 Å². The molecule has 1 rings (SSSR count). The minimum atomic E-state index is 0.897. The van der Waals surface area contributed by atoms with E-state index >= 15 is 0 Å². The van der Waals surface area contributed by atoms with E-state index in [1.165, 1.54) is 0 Å². The number of nitrogen functional groups attached to an aromatic ring is 1. The second kappa shape index (κ2) is 5.60. The SMILES string of the molecule is Nc1c(CCBr)cncc1CCBr. The monoisotopic (exact) mass is 306 g/mol. The summed E-state index contributed by atoms with van der Waals surface area (Å²) in [5, 5.41) is 1.85. The first kappa shape index (κ1) is 11.0. The first-order chi connectivity index (χ1) is 6.29. The average molecular weight is 308 g/mol. The molecule has 0 saturated carbocycles. The van der Waals surface area contributed by atoms with Crippen LogP contribution in [0.2, 0.25) is 0 Å². The summed E-state index contributed by atoms with van der Waals surface area (Å²) in [6, 6.07) is 0. The predicted octanol–water partition coefficient (Wildman–Crippen LogP) is 2.54. The maximum Gasteiger partial charge on any atom is 0.0410 e. The van der Waals surface area contributed by atoms with Gasteiger partial charge in [-0.05, 0) is 24.0 Å². The third-order valence-corrected chi connectivity index (χ3v) is 2.67. The van der Waals surface area contributed by atoms with Crippen molar-refractivity contribution in [2.24, 2.45) is 0 Å². The van der Waals surface area contributed by atoms with Crippen molar-refractivity contribution in [3.05, 3.63) is 23.5 Å². The number of aromatic nitrogens is 1. The number of hydrogen-bond acceptors (Lipinski definition) is 2. The quantitative estimate of drug-likeness (QED) is 0.868. The zero-order chi connectivity index (χ0) is 9.68. The van der Waals surface area contributed by atoms with Crippen LogP contribution >= 0.6 is 31.9 Å². The third-order valence-electron chi connectivity index (χ3n) is 1.88. The van der Waals surface area contributed by atoms with Crippen LogP contribution in [0, 0.1) is 0 Å². The smallest absolute Gasteiger partial charge is 0.0410 e. The lowest BCUT2D eigenvalue weighted by molar-refractivity contribution is 1.07. The number of pyridine rings is 1. The van der Waals surface area contributed by atoms with E-state index in [1.807, 2.05) is 12.4 Å². The van der Waals surface area contributed by atoms with Gasteiger partial charge in [0.1, 0.15) is 0 Å². The second-order valence-electron chi connectivity index (χ2n) is 2.75. The number of aryl methyl sites for hydroxylation is 2. The van der Waals surface area contributed by atoms with E-state index in [1.54, 1.807) is 0 Å². The zero-order valence-corrected chi connectivity index (χ0v) is 10.4. The Kier molecular flexibility index (Phi) is 4.73. The van der Waals surface area contributed by atoms with Gasteiger partial charge in [-0.15, -0.1) is 0 Å². The summed E-state index contributed by atoms with van der Waals surface area (Å²) >= 11 is 6.78. The highest BCUT2D eigenvalue weighted by molar-refractivity contribution is 9.09. The van der Waals surface area contributed by atoms with Crippen LogP contribution in [0.1, 0.15) is 11.1 Å². The molecule has 1 aromatic rings. The van der Waals surface area contributed by atoms with E-state index in [4.69, 9.17) is 5.73 Å². The van der Waals surface area contributed by atoms with Crippen LogP contribution < -0.4 is 5.73 Å². The van der Waals surface area contributed by atoms with Gasteiger partial charge in [-0.3, -0.25) is 4.98 Å². The molecule has 2 N–H and O–H groups in total. The highest BCUT2D eigenvalue weighted by Gasteiger charge is 2.04. The van der Waals surface area contributed by atoms with Gasteiger partial charge in [0, 0.05) is 28.7 Å². The molecule has 0 aliphatic heterocycles. The lowest BCUT2D eigenvalue weighted by Gasteiger charge is -2.07. The van der Waals surface area contributed by atoms with Gasteiger partial charge in [0.25, 0.3) is 0 Å². The number of halogens is 2. The largest absolute Gasteiger partial charge is 0.398 e. The molecule has 0 bridgehead atoms. The Morgan fingerprint density at radius 1 is 1.08 bits per heavy atom. The predicted molar refractivity (Wildman–Crippen MR) is 63.6 cm³/mol. The molecule has 1 heterocycles. The molecule has 0 amide bonds. The molecule has 0 aliphatic carbocycles. The van der Waals surface area contributed by atoms with Crippen molar-refractivity contribution in [3.63, 3.8) is 0 Å². The van der Waals surface area contributed by atoms with Gasteiger partial charge in [-0.25, -0.2) is 0 Å². The standard InChI is InChI=1S/C9H12Br2N2/c10-3-1-7-5-13-6-8(2-4-11)9(7)12/h5-6H,1-4H2,(H2,12,13). The van der Waals surface area contributed by atoms with Gasteiger partial charge in [0.2, 0.25) is 0 Å². The van der Waals surface area contributed by atoms with Crippen LogP contribution in [0.5, 0.6) is 0 Å². The Bertz CT molecular complexity index is 252. The molecule has 13 heavy (non-hydrogen) atoms. The van der Waals surface area contributed by atoms with Crippen LogP contribution in [-0.2, 0) is 12.8 Å². The molecule has 0 radical (unpaired) electrons. The van der Waals surface area contributed by atoms with Gasteiger partial charge in [0.05, 0.1) is 0 Å². The Hall–Kier alpha value is -0.0900. The van der Waals surface area contributed by atoms with Gasteiger partial charge >= 0.3 is 0 Å². The van der Waals surface area contributed by atoms with Crippen molar-refractivity contribution in [1.29, 1.82) is 0 Å². The van der Waals surface area contributed by atoms with E-state index in [2.05, 4.69) is 36.8 Å². The molecular formula is C9H12Br2N2. The van der Waals surface area contributed by atoms with Crippen molar-refractivity contribution >= 4 is 37.5 Å². The molecule has 0 aliphatic rings. The molecule has 0 saturated heterocycles. The summed E-state index contributed by atoms with van der Waals surface area (Å²) in [7, 11) is 0. The number of nitrogens with zero attached hydrogens (tertiary/aromatic N) is 1. The normalized spacial score (nSPS) is 10.3. The van der Waals surface area contributed by atoms with Crippen molar-refractivity contribution < 1.29 is 0 Å². The first-order valence-corrected chi connectivity index (χ1v) is 6.37. The van der Waals surface area contributed by atoms with Crippen molar-refractivity contribution in [1.82, 2.24) is 4.98 Å². The van der Waals surface area contributed by atoms with Crippen LogP contribution in [0.4, 0.5) is 5.69 Å². The zero-order valence-electron chi connectivity index (χ0n) is 7.26. The van der Waals surface area contributed by atoms with Crippen molar-refractivity contribution in [2.75, 3.05) is 16.4 Å². The molecule has 2 nitrogen and oxygen atoms in total. The molecule has 4 heteroatoms. The topological polar surface area (TPSA) is 38.9 Å². The number of nitrogens with two attached hydrogens (primary N) is 1. The van der Waals surface area contributed by atoms with Gasteiger partial charge < -0.3 is 5.73 Å². The van der Waals surface area contributed by atoms with Crippen molar-refractivity contribution in [2.45, 2.75) is 12.8 Å². The summed E-state index contributed by atoms with van der Waals surface area (Å²) in [5.74, 6) is 0. The Morgan fingerprint density at radius 3 is 1.92 bits per heavy atom. The fourth-order valence-electron chi connectivity index (χ4n) is 1.16. The first-order valence-electron chi connectivity index (χ1n) is 4.12. The van der Waals surface area contributed by atoms with E-state index < -0.39 is 0 Å². The summed E-state index contributed by atoms with van der Waals surface area (Å²) in [5.41, 5.74) is 9.14. The van der Waals surface area contributed by atoms with Gasteiger partial charge in [-0.2, -0.15) is 0 Å². The molecule has 0 spiro atoms. The Balaban J connectivity index is 2.89. The molecular weight excluding hydrogens is 296 g/mol. The minimum absolute atomic E-state index is 0.897. The van der Waals surface area contributed by atoms with Crippen molar-refractivity contribution in [3.8, 4) is 0 Å². The number of hydrogen-bond donors (Lipinski definition) is 1. The maximum absolute atomic E-state index is 5.97. The lowest BCUT2D eigenvalue weighted by atomic mass is 10.1. The summed E-state index contributed by atoms with van der Waals surface area (Å²) in [6.45, 7) is 0. The van der Waals surface area contributed by atoms with E-state index in [-0.39, 0.29) is 0 Å². The van der Waals surface area contributed by atoms with E-state index in [0.29, 0.717) is 0 Å².